The summed E-state index contributed by atoms with van der Waals surface area (Å²) in [7, 11) is 0. The molecule has 0 aliphatic rings. The van der Waals surface area contributed by atoms with Gasteiger partial charge in [0.2, 0.25) is 0 Å². The Morgan fingerprint density at radius 3 is 0.963 bits per heavy atom. The molecule has 0 aromatic heterocycles. The van der Waals surface area contributed by atoms with E-state index in [0.717, 1.165) is 0 Å². The van der Waals surface area contributed by atoms with E-state index < -0.39 is 0 Å². The minimum atomic E-state index is 0.510. The molecule has 162 valence electrons. The molecule has 0 fully saturated rings. The quantitative estimate of drug-likeness (QED) is 0.182. The number of nitrogens with two attached hydrogens (primary N) is 1. The fourth-order valence-corrected chi connectivity index (χ4v) is 1.70. The van der Waals surface area contributed by atoms with E-state index in [1.54, 1.807) is 0 Å². The van der Waals surface area contributed by atoms with Gasteiger partial charge in [0.05, 0.1) is 98.8 Å². The first-order valence-corrected chi connectivity index (χ1v) is 9.38. The highest BCUT2D eigenvalue weighted by atomic mass is 16.6. The smallest absolute Gasteiger partial charge is 0.111 e. The van der Waals surface area contributed by atoms with Gasteiger partial charge in [-0.15, -0.1) is 0 Å². The van der Waals surface area contributed by atoms with Crippen molar-refractivity contribution in [1.82, 2.24) is 0 Å². The minimum Gasteiger partial charge on any atom is -0.499 e. The Kier molecular flexibility index (Phi) is 24.5. The SMILES string of the molecule is C=COCCOCCOCCOCCOCCOCCOCCOCCN. The van der Waals surface area contributed by atoms with Crippen molar-refractivity contribution in [3.63, 3.8) is 0 Å². The van der Waals surface area contributed by atoms with Crippen LogP contribution in [0.25, 0.3) is 0 Å². The molecule has 0 spiro atoms. The largest absolute Gasteiger partial charge is 0.499 e. The van der Waals surface area contributed by atoms with Crippen LogP contribution in [-0.4, -0.2) is 106 Å². The van der Waals surface area contributed by atoms with E-state index in [-0.39, 0.29) is 0 Å². The highest BCUT2D eigenvalue weighted by Crippen LogP contribution is 1.85. The molecule has 0 rings (SSSR count). The van der Waals surface area contributed by atoms with Crippen LogP contribution in [-0.2, 0) is 37.9 Å². The highest BCUT2D eigenvalue weighted by Gasteiger charge is 1.94. The maximum absolute atomic E-state index is 5.40. The summed E-state index contributed by atoms with van der Waals surface area (Å²) in [6.45, 7) is 12.1. The second-order valence-electron chi connectivity index (χ2n) is 5.11. The Bertz CT molecular complexity index is 284. The maximum atomic E-state index is 5.40. The molecule has 9 nitrogen and oxygen atoms in total. The molecule has 2 N–H and O–H groups in total. The third-order valence-electron chi connectivity index (χ3n) is 2.96. The average molecular weight is 395 g/mol. The van der Waals surface area contributed by atoms with E-state index in [2.05, 4.69) is 6.58 Å². The molecule has 0 aliphatic heterocycles. The van der Waals surface area contributed by atoms with Crippen LogP contribution in [0, 0.1) is 0 Å². The van der Waals surface area contributed by atoms with Crippen LogP contribution < -0.4 is 5.73 Å². The summed E-state index contributed by atoms with van der Waals surface area (Å²) >= 11 is 0. The molecular formula is C18H37NO8. The van der Waals surface area contributed by atoms with E-state index in [1.165, 1.54) is 6.26 Å². The second-order valence-corrected chi connectivity index (χ2v) is 5.11. The monoisotopic (exact) mass is 395 g/mol. The summed E-state index contributed by atoms with van der Waals surface area (Å²) in [5.41, 5.74) is 5.30. The predicted octanol–water partition coefficient (Wildman–Crippen LogP) is 0.221. The molecule has 0 saturated carbocycles. The lowest BCUT2D eigenvalue weighted by atomic mass is 10.6. The third kappa shape index (κ3) is 25.2. The molecule has 0 aromatic rings. The van der Waals surface area contributed by atoms with Crippen molar-refractivity contribution in [2.45, 2.75) is 0 Å². The summed E-state index contributed by atoms with van der Waals surface area (Å²) in [6.07, 6.45) is 1.40. The van der Waals surface area contributed by atoms with Gasteiger partial charge in [0, 0.05) is 6.54 Å². The Balaban J connectivity index is 2.96. The van der Waals surface area contributed by atoms with Gasteiger partial charge < -0.3 is 43.6 Å². The van der Waals surface area contributed by atoms with Gasteiger partial charge in [-0.05, 0) is 0 Å². The molecule has 0 unspecified atom stereocenters. The molecule has 0 aromatic carbocycles. The predicted molar refractivity (Wildman–Crippen MR) is 101 cm³/mol. The molecule has 0 heterocycles. The van der Waals surface area contributed by atoms with Crippen LogP contribution >= 0.6 is 0 Å². The van der Waals surface area contributed by atoms with Crippen LogP contribution in [0.5, 0.6) is 0 Å². The highest BCUT2D eigenvalue weighted by molar-refractivity contribution is 4.47. The van der Waals surface area contributed by atoms with Gasteiger partial charge >= 0.3 is 0 Å². The van der Waals surface area contributed by atoms with Crippen molar-refractivity contribution in [2.24, 2.45) is 5.73 Å². The van der Waals surface area contributed by atoms with E-state index in [0.29, 0.717) is 106 Å². The molecule has 27 heavy (non-hydrogen) atoms. The van der Waals surface area contributed by atoms with Crippen molar-refractivity contribution < 1.29 is 37.9 Å². The average Bonchev–Trinajstić information content (AvgIpc) is 2.68. The van der Waals surface area contributed by atoms with Crippen LogP contribution in [0.1, 0.15) is 0 Å². The molecule has 0 aliphatic carbocycles. The zero-order chi connectivity index (χ0) is 19.7. The number of ether oxygens (including phenoxy) is 8. The molecule has 0 saturated heterocycles. The first-order valence-electron chi connectivity index (χ1n) is 9.38. The lowest BCUT2D eigenvalue weighted by Gasteiger charge is -2.08. The number of hydrogen-bond donors (Lipinski definition) is 1. The van der Waals surface area contributed by atoms with Crippen molar-refractivity contribution in [3.8, 4) is 0 Å². The molecule has 0 radical (unpaired) electrons. The summed E-state index contributed by atoms with van der Waals surface area (Å²) < 4.78 is 42.2. The zero-order valence-electron chi connectivity index (χ0n) is 16.4. The van der Waals surface area contributed by atoms with Crippen LogP contribution in [0.4, 0.5) is 0 Å². The van der Waals surface area contributed by atoms with Crippen LogP contribution in [0.3, 0.4) is 0 Å². The molecule has 0 amide bonds. The first-order chi connectivity index (χ1) is 13.4. The van der Waals surface area contributed by atoms with Crippen LogP contribution in [0.15, 0.2) is 12.8 Å². The maximum Gasteiger partial charge on any atom is 0.111 e. The van der Waals surface area contributed by atoms with Crippen molar-refractivity contribution in [1.29, 1.82) is 0 Å². The normalized spacial score (nSPS) is 11.0. The Morgan fingerprint density at radius 2 is 0.704 bits per heavy atom. The fraction of sp³-hybridized carbons (Fsp3) is 0.889. The van der Waals surface area contributed by atoms with Crippen LogP contribution in [0.2, 0.25) is 0 Å². The van der Waals surface area contributed by atoms with Gasteiger partial charge in [-0.2, -0.15) is 0 Å². The Hall–Kier alpha value is -0.780. The standard InChI is InChI=1S/C18H37NO8/c1-2-20-5-6-22-9-10-24-13-14-26-17-18-27-16-15-25-12-11-23-8-7-21-4-3-19/h2H,1,3-19H2. The molecule has 0 bridgehead atoms. The minimum absolute atomic E-state index is 0.510. The van der Waals surface area contributed by atoms with E-state index in [9.17, 15) is 0 Å². The summed E-state index contributed by atoms with van der Waals surface area (Å²) in [5, 5.41) is 0. The van der Waals surface area contributed by atoms with Gasteiger partial charge in [0.15, 0.2) is 0 Å². The number of rotatable bonds is 24. The van der Waals surface area contributed by atoms with Gasteiger partial charge in [-0.3, -0.25) is 0 Å². The van der Waals surface area contributed by atoms with E-state index in [1.807, 2.05) is 0 Å². The summed E-state index contributed by atoms with van der Waals surface area (Å²) in [4.78, 5) is 0. The molecular weight excluding hydrogens is 358 g/mol. The van der Waals surface area contributed by atoms with E-state index >= 15 is 0 Å². The van der Waals surface area contributed by atoms with Gasteiger partial charge in [-0.25, -0.2) is 0 Å². The number of hydrogen-bond acceptors (Lipinski definition) is 9. The lowest BCUT2D eigenvalue weighted by Crippen LogP contribution is -2.15. The van der Waals surface area contributed by atoms with Gasteiger partial charge in [0.25, 0.3) is 0 Å². The zero-order valence-corrected chi connectivity index (χ0v) is 16.4. The topological polar surface area (TPSA) is 99.9 Å². The second kappa shape index (κ2) is 25.2. The lowest BCUT2D eigenvalue weighted by molar-refractivity contribution is -0.0214. The van der Waals surface area contributed by atoms with Crippen molar-refractivity contribution >= 4 is 0 Å². The summed E-state index contributed by atoms with van der Waals surface area (Å²) in [6, 6.07) is 0. The first kappa shape index (κ1) is 26.2. The van der Waals surface area contributed by atoms with Gasteiger partial charge in [0.1, 0.15) is 6.61 Å². The van der Waals surface area contributed by atoms with E-state index in [4.69, 9.17) is 43.6 Å². The van der Waals surface area contributed by atoms with Crippen molar-refractivity contribution in [2.75, 3.05) is 106 Å². The van der Waals surface area contributed by atoms with Gasteiger partial charge in [-0.1, -0.05) is 6.58 Å². The Morgan fingerprint density at radius 1 is 0.444 bits per heavy atom. The van der Waals surface area contributed by atoms with Crippen molar-refractivity contribution in [3.05, 3.63) is 12.8 Å². The molecule has 9 heteroatoms. The molecule has 0 atom stereocenters. The summed E-state index contributed by atoms with van der Waals surface area (Å²) in [5.74, 6) is 0. The third-order valence-corrected chi connectivity index (χ3v) is 2.96. The Labute approximate surface area is 163 Å². The fourth-order valence-electron chi connectivity index (χ4n) is 1.70.